The predicted octanol–water partition coefficient (Wildman–Crippen LogP) is 0.682. The van der Waals surface area contributed by atoms with Crippen molar-refractivity contribution in [2.75, 3.05) is 13.1 Å². The lowest BCUT2D eigenvalue weighted by molar-refractivity contribution is -0.132. The average molecular weight is 300 g/mol. The second-order valence-corrected chi connectivity index (χ2v) is 10.0. The zero-order chi connectivity index (χ0) is 14.8. The van der Waals surface area contributed by atoms with Gasteiger partial charge in [-0.1, -0.05) is 6.42 Å². The number of hydrogen-bond acceptors (Lipinski definition) is 4. The maximum absolute atomic E-state index is 12.7. The third kappa shape index (κ3) is 1.84. The van der Waals surface area contributed by atoms with E-state index in [2.05, 4.69) is 0 Å². The van der Waals surface area contributed by atoms with Gasteiger partial charge in [0.15, 0.2) is 9.84 Å². The first-order chi connectivity index (χ1) is 9.21. The smallest absolute Gasteiger partial charge is 0.243 e. The SMILES string of the molecule is CC(C)(C(=O)N1CC(N)C2(CCC2)C1)S(=O)(=O)C1CC1. The van der Waals surface area contributed by atoms with Crippen molar-refractivity contribution in [2.45, 2.75) is 62.0 Å². The van der Waals surface area contributed by atoms with Crippen LogP contribution in [0.2, 0.25) is 0 Å². The molecule has 1 spiro atoms. The monoisotopic (exact) mass is 300 g/mol. The summed E-state index contributed by atoms with van der Waals surface area (Å²) in [6.45, 7) is 4.25. The van der Waals surface area contributed by atoms with Gasteiger partial charge >= 0.3 is 0 Å². The van der Waals surface area contributed by atoms with Crippen molar-refractivity contribution in [3.05, 3.63) is 0 Å². The van der Waals surface area contributed by atoms with Crippen molar-refractivity contribution in [1.82, 2.24) is 4.90 Å². The Morgan fingerprint density at radius 2 is 1.90 bits per heavy atom. The molecule has 3 fully saturated rings. The zero-order valence-electron chi connectivity index (χ0n) is 12.3. The van der Waals surface area contributed by atoms with Gasteiger partial charge in [-0.25, -0.2) is 8.42 Å². The number of carbonyl (C=O) groups is 1. The van der Waals surface area contributed by atoms with E-state index in [-0.39, 0.29) is 22.6 Å². The largest absolute Gasteiger partial charge is 0.339 e. The maximum atomic E-state index is 12.7. The molecule has 3 rings (SSSR count). The van der Waals surface area contributed by atoms with Crippen LogP contribution in [0.1, 0.15) is 46.0 Å². The molecular weight excluding hydrogens is 276 g/mol. The third-order valence-corrected chi connectivity index (χ3v) is 8.48. The van der Waals surface area contributed by atoms with Crippen LogP contribution in [0.25, 0.3) is 0 Å². The van der Waals surface area contributed by atoms with Crippen molar-refractivity contribution in [3.63, 3.8) is 0 Å². The van der Waals surface area contributed by atoms with Crippen LogP contribution in [0.4, 0.5) is 0 Å². The molecule has 1 amide bonds. The molecule has 6 heteroatoms. The Hall–Kier alpha value is -0.620. The van der Waals surface area contributed by atoms with Crippen molar-refractivity contribution < 1.29 is 13.2 Å². The molecule has 0 bridgehead atoms. The molecule has 114 valence electrons. The van der Waals surface area contributed by atoms with Crippen LogP contribution < -0.4 is 5.73 Å². The van der Waals surface area contributed by atoms with Gasteiger partial charge in [-0.2, -0.15) is 0 Å². The summed E-state index contributed by atoms with van der Waals surface area (Å²) in [5.74, 6) is -0.261. The number of likely N-dealkylation sites (tertiary alicyclic amines) is 1. The fourth-order valence-electron chi connectivity index (χ4n) is 3.61. The summed E-state index contributed by atoms with van der Waals surface area (Å²) in [5, 5.41) is -0.310. The number of sulfone groups is 1. The van der Waals surface area contributed by atoms with Crippen molar-refractivity contribution in [3.8, 4) is 0 Å². The Kier molecular flexibility index (Phi) is 3.00. The van der Waals surface area contributed by atoms with E-state index >= 15 is 0 Å². The van der Waals surface area contributed by atoms with E-state index in [1.807, 2.05) is 0 Å². The zero-order valence-corrected chi connectivity index (χ0v) is 13.1. The molecular formula is C14H24N2O3S. The minimum Gasteiger partial charge on any atom is -0.339 e. The second kappa shape index (κ2) is 4.19. The standard InChI is InChI=1S/C14H24N2O3S/c1-13(2,20(18,19)10-4-5-10)12(17)16-8-11(15)14(9-16)6-3-7-14/h10-11H,3-9,15H2,1-2H3. The molecule has 1 unspecified atom stereocenters. The minimum absolute atomic E-state index is 0.000343. The summed E-state index contributed by atoms with van der Waals surface area (Å²) in [7, 11) is -3.38. The van der Waals surface area contributed by atoms with Gasteiger partial charge < -0.3 is 10.6 Å². The van der Waals surface area contributed by atoms with E-state index in [0.717, 1.165) is 12.8 Å². The molecule has 0 radical (unpaired) electrons. The number of nitrogens with two attached hydrogens (primary N) is 1. The molecule has 2 aliphatic carbocycles. The molecule has 3 aliphatic rings. The van der Waals surface area contributed by atoms with E-state index in [0.29, 0.717) is 25.9 Å². The molecule has 20 heavy (non-hydrogen) atoms. The molecule has 5 nitrogen and oxygen atoms in total. The fraction of sp³-hybridized carbons (Fsp3) is 0.929. The summed E-state index contributed by atoms with van der Waals surface area (Å²) in [5.41, 5.74) is 6.25. The number of amides is 1. The maximum Gasteiger partial charge on any atom is 0.243 e. The van der Waals surface area contributed by atoms with Gasteiger partial charge in [0.2, 0.25) is 5.91 Å². The molecule has 0 aromatic rings. The topological polar surface area (TPSA) is 80.5 Å². The third-order valence-electron chi connectivity index (χ3n) is 5.54. The van der Waals surface area contributed by atoms with Gasteiger partial charge in [-0.05, 0) is 39.5 Å². The van der Waals surface area contributed by atoms with E-state index in [1.165, 1.54) is 6.42 Å². The van der Waals surface area contributed by atoms with Crippen LogP contribution in [0.5, 0.6) is 0 Å². The highest BCUT2D eigenvalue weighted by Gasteiger charge is 2.56. The van der Waals surface area contributed by atoms with E-state index in [1.54, 1.807) is 18.7 Å². The second-order valence-electron chi connectivity index (χ2n) is 7.26. The molecule has 1 saturated heterocycles. The number of rotatable bonds is 3. The van der Waals surface area contributed by atoms with E-state index in [4.69, 9.17) is 5.73 Å². The molecule has 2 saturated carbocycles. The highest BCUT2D eigenvalue weighted by molar-refractivity contribution is 7.94. The Balaban J connectivity index is 1.79. The first kappa shape index (κ1) is 14.3. The van der Waals surface area contributed by atoms with Crippen LogP contribution >= 0.6 is 0 Å². The van der Waals surface area contributed by atoms with Crippen LogP contribution in [0, 0.1) is 5.41 Å². The molecule has 2 N–H and O–H groups in total. The lowest BCUT2D eigenvalue weighted by Crippen LogP contribution is -2.51. The van der Waals surface area contributed by atoms with Crippen LogP contribution in [0.15, 0.2) is 0 Å². The van der Waals surface area contributed by atoms with Gasteiger partial charge in [0, 0.05) is 24.5 Å². The quantitative estimate of drug-likeness (QED) is 0.831. The van der Waals surface area contributed by atoms with Crippen molar-refractivity contribution in [2.24, 2.45) is 11.1 Å². The Labute approximate surface area is 120 Å². The Morgan fingerprint density at radius 3 is 2.30 bits per heavy atom. The fourth-order valence-corrected chi connectivity index (χ4v) is 5.57. The molecule has 1 aliphatic heterocycles. The van der Waals surface area contributed by atoms with Gasteiger partial charge in [0.05, 0.1) is 5.25 Å². The molecule has 0 aromatic carbocycles. The van der Waals surface area contributed by atoms with Gasteiger partial charge in [-0.3, -0.25) is 4.79 Å². The first-order valence-corrected chi connectivity index (χ1v) is 9.04. The summed E-state index contributed by atoms with van der Waals surface area (Å²) >= 11 is 0. The number of nitrogens with zero attached hydrogens (tertiary/aromatic N) is 1. The Morgan fingerprint density at radius 1 is 1.30 bits per heavy atom. The van der Waals surface area contributed by atoms with Crippen molar-refractivity contribution >= 4 is 15.7 Å². The van der Waals surface area contributed by atoms with Crippen LogP contribution in [0.3, 0.4) is 0 Å². The normalized spacial score (nSPS) is 29.6. The lowest BCUT2D eigenvalue weighted by atomic mass is 9.66. The summed E-state index contributed by atoms with van der Waals surface area (Å²) in [6.07, 6.45) is 4.69. The highest BCUT2D eigenvalue weighted by Crippen LogP contribution is 2.48. The van der Waals surface area contributed by atoms with Gasteiger partial charge in [0.25, 0.3) is 0 Å². The molecule has 1 heterocycles. The molecule has 1 atom stereocenters. The van der Waals surface area contributed by atoms with E-state index in [9.17, 15) is 13.2 Å². The van der Waals surface area contributed by atoms with Crippen molar-refractivity contribution in [1.29, 1.82) is 0 Å². The average Bonchev–Trinajstić information content (AvgIpc) is 3.10. The highest BCUT2D eigenvalue weighted by atomic mass is 32.2. The van der Waals surface area contributed by atoms with Crippen LogP contribution in [-0.2, 0) is 14.6 Å². The Bertz CT molecular complexity index is 533. The lowest BCUT2D eigenvalue weighted by Gasteiger charge is -2.41. The summed E-state index contributed by atoms with van der Waals surface area (Å²) in [4.78, 5) is 14.4. The van der Waals surface area contributed by atoms with Gasteiger partial charge in [0.1, 0.15) is 4.75 Å². The summed E-state index contributed by atoms with van der Waals surface area (Å²) < 4.78 is 23.6. The van der Waals surface area contributed by atoms with E-state index < -0.39 is 14.6 Å². The first-order valence-electron chi connectivity index (χ1n) is 7.49. The predicted molar refractivity (Wildman–Crippen MR) is 76.9 cm³/mol. The minimum atomic E-state index is -3.38. The van der Waals surface area contributed by atoms with Gasteiger partial charge in [-0.15, -0.1) is 0 Å². The number of hydrogen-bond donors (Lipinski definition) is 1. The van der Waals surface area contributed by atoms with Crippen LogP contribution in [-0.4, -0.2) is 48.4 Å². The summed E-state index contributed by atoms with van der Waals surface area (Å²) in [6, 6.07) is -0.000343. The molecule has 0 aromatic heterocycles. The number of carbonyl (C=O) groups excluding carboxylic acids is 1.